The van der Waals surface area contributed by atoms with Gasteiger partial charge in [-0.25, -0.2) is 14.8 Å². The average Bonchev–Trinajstić information content (AvgIpc) is 2.78. The molecule has 0 aliphatic heterocycles. The van der Waals surface area contributed by atoms with E-state index in [1.165, 1.54) is 6.33 Å². The van der Waals surface area contributed by atoms with Crippen molar-refractivity contribution in [2.75, 3.05) is 11.9 Å². The van der Waals surface area contributed by atoms with E-state index in [4.69, 9.17) is 0 Å². The highest BCUT2D eigenvalue weighted by atomic mass is 32.1. The van der Waals surface area contributed by atoms with Crippen LogP contribution in [-0.2, 0) is 0 Å². The van der Waals surface area contributed by atoms with E-state index >= 15 is 0 Å². The number of hydrogen-bond donors (Lipinski definition) is 3. The molecule has 0 saturated heterocycles. The summed E-state index contributed by atoms with van der Waals surface area (Å²) in [4.78, 5) is 20.6. The normalized spacial score (nSPS) is 14.1. The first-order valence-corrected chi connectivity index (χ1v) is 7.60. The Bertz CT molecular complexity index is 671. The van der Waals surface area contributed by atoms with Gasteiger partial charge in [0.25, 0.3) is 0 Å². The van der Waals surface area contributed by atoms with Crippen LogP contribution in [-0.4, -0.2) is 38.3 Å². The maximum Gasteiger partial charge on any atom is 0.346 e. The Hall–Kier alpha value is -1.73. The number of aromatic nitrogens is 2. The van der Waals surface area contributed by atoms with Gasteiger partial charge < -0.3 is 15.5 Å². The summed E-state index contributed by atoms with van der Waals surface area (Å²) >= 11 is 1.15. The summed E-state index contributed by atoms with van der Waals surface area (Å²) in [7, 11) is 0. The van der Waals surface area contributed by atoms with Crippen molar-refractivity contribution < 1.29 is 15.0 Å². The van der Waals surface area contributed by atoms with E-state index in [0.717, 1.165) is 23.1 Å². The summed E-state index contributed by atoms with van der Waals surface area (Å²) in [6.45, 7) is 5.89. The molecule has 2 heterocycles. The van der Waals surface area contributed by atoms with Gasteiger partial charge in [-0.15, -0.1) is 11.3 Å². The third-order valence-electron chi connectivity index (χ3n) is 3.79. The third kappa shape index (κ3) is 2.98. The topological polar surface area (TPSA) is 95.3 Å². The lowest BCUT2D eigenvalue weighted by molar-refractivity contribution is 0.0701. The van der Waals surface area contributed by atoms with Gasteiger partial charge in [-0.3, -0.25) is 0 Å². The van der Waals surface area contributed by atoms with E-state index in [-0.39, 0.29) is 17.0 Å². The van der Waals surface area contributed by atoms with Gasteiger partial charge in [0.1, 0.15) is 21.9 Å². The molecule has 0 spiro atoms. The number of aryl methyl sites for hydroxylation is 1. The van der Waals surface area contributed by atoms with Gasteiger partial charge in [0.2, 0.25) is 0 Å². The van der Waals surface area contributed by atoms with Crippen LogP contribution >= 0.6 is 11.3 Å². The first-order valence-electron chi connectivity index (χ1n) is 6.78. The molecule has 2 aromatic heterocycles. The van der Waals surface area contributed by atoms with E-state index in [0.29, 0.717) is 22.6 Å². The van der Waals surface area contributed by atoms with Crippen molar-refractivity contribution in [2.24, 2.45) is 0 Å². The van der Waals surface area contributed by atoms with E-state index < -0.39 is 5.97 Å². The zero-order valence-corrected chi connectivity index (χ0v) is 13.1. The Labute approximate surface area is 126 Å². The van der Waals surface area contributed by atoms with Crippen LogP contribution in [0, 0.1) is 6.92 Å². The first-order chi connectivity index (χ1) is 9.91. The number of aromatic carboxylic acids is 1. The van der Waals surface area contributed by atoms with E-state index in [2.05, 4.69) is 15.3 Å². The molecule has 2 rings (SSSR count). The monoisotopic (exact) mass is 309 g/mol. The molecule has 0 bridgehead atoms. The Balaban J connectivity index is 2.52. The molecule has 114 valence electrons. The molecular weight excluding hydrogens is 290 g/mol. The minimum Gasteiger partial charge on any atom is -0.477 e. The predicted octanol–water partition coefficient (Wildman–Crippen LogP) is 2.66. The Kier molecular flexibility index (Phi) is 4.43. The summed E-state index contributed by atoms with van der Waals surface area (Å²) in [5.41, 5.74) is 0.376. The molecule has 1 unspecified atom stereocenters. The number of aliphatic hydroxyl groups excluding tert-OH is 1. The number of carboxylic acids is 1. The Morgan fingerprint density at radius 3 is 2.76 bits per heavy atom. The van der Waals surface area contributed by atoms with Gasteiger partial charge in [-0.1, -0.05) is 6.92 Å². The van der Waals surface area contributed by atoms with Crippen LogP contribution in [0.25, 0.3) is 10.2 Å². The lowest BCUT2D eigenvalue weighted by atomic mass is 9.94. The summed E-state index contributed by atoms with van der Waals surface area (Å²) < 4.78 is 0. The van der Waals surface area contributed by atoms with Crippen LogP contribution in [0.3, 0.4) is 0 Å². The molecular formula is C14H19N3O3S. The van der Waals surface area contributed by atoms with Crippen molar-refractivity contribution in [3.63, 3.8) is 0 Å². The lowest BCUT2D eigenvalue weighted by Crippen LogP contribution is -2.35. The number of carboxylic acid groups (broad SMARTS) is 1. The number of anilines is 1. The van der Waals surface area contributed by atoms with Crippen molar-refractivity contribution >= 4 is 33.3 Å². The molecule has 21 heavy (non-hydrogen) atoms. The maximum atomic E-state index is 11.3. The molecule has 1 atom stereocenters. The predicted molar refractivity (Wildman–Crippen MR) is 83.1 cm³/mol. The van der Waals surface area contributed by atoms with Crippen molar-refractivity contribution in [1.29, 1.82) is 0 Å². The zero-order valence-electron chi connectivity index (χ0n) is 12.3. The smallest absolute Gasteiger partial charge is 0.346 e. The molecule has 0 aliphatic rings. The summed E-state index contributed by atoms with van der Waals surface area (Å²) in [6.07, 6.45) is 2.83. The van der Waals surface area contributed by atoms with Crippen molar-refractivity contribution in [2.45, 2.75) is 39.2 Å². The van der Waals surface area contributed by atoms with Crippen molar-refractivity contribution in [1.82, 2.24) is 9.97 Å². The number of nitrogens with one attached hydrogen (secondary N) is 1. The highest BCUT2D eigenvalue weighted by Crippen LogP contribution is 2.34. The lowest BCUT2D eigenvalue weighted by Gasteiger charge is -2.29. The number of thiophene rings is 1. The molecule has 6 nitrogen and oxygen atoms in total. The van der Waals surface area contributed by atoms with E-state index in [9.17, 15) is 15.0 Å². The molecule has 0 saturated carbocycles. The quantitative estimate of drug-likeness (QED) is 0.759. The highest BCUT2D eigenvalue weighted by molar-refractivity contribution is 7.20. The standard InChI is InChI=1S/C14H19N3O3S/c1-4-14(3,5-6-18)17-11-9-8(2)10(13(19)20)21-12(9)16-7-15-11/h7,18H,4-6H2,1-3H3,(H,19,20)(H,15,16,17). The van der Waals surface area contributed by atoms with Crippen molar-refractivity contribution in [3.05, 3.63) is 16.8 Å². The second kappa shape index (κ2) is 5.95. The van der Waals surface area contributed by atoms with Gasteiger partial charge in [0.15, 0.2) is 0 Å². The number of nitrogens with zero attached hydrogens (tertiary/aromatic N) is 2. The Morgan fingerprint density at radius 1 is 1.48 bits per heavy atom. The van der Waals surface area contributed by atoms with Gasteiger partial charge >= 0.3 is 5.97 Å². The van der Waals surface area contributed by atoms with Crippen LogP contribution in [0.5, 0.6) is 0 Å². The molecule has 0 amide bonds. The number of fused-ring (bicyclic) bond motifs is 1. The molecule has 0 radical (unpaired) electrons. The van der Waals surface area contributed by atoms with Crippen molar-refractivity contribution in [3.8, 4) is 0 Å². The summed E-state index contributed by atoms with van der Waals surface area (Å²) in [5.74, 6) is -0.325. The largest absolute Gasteiger partial charge is 0.477 e. The highest BCUT2D eigenvalue weighted by Gasteiger charge is 2.25. The van der Waals surface area contributed by atoms with E-state index in [1.807, 2.05) is 13.8 Å². The molecule has 0 aliphatic carbocycles. The molecule has 0 aromatic carbocycles. The van der Waals surface area contributed by atoms with Crippen LogP contribution in [0.2, 0.25) is 0 Å². The fourth-order valence-electron chi connectivity index (χ4n) is 2.23. The second-order valence-corrected chi connectivity index (χ2v) is 6.28. The third-order valence-corrected chi connectivity index (χ3v) is 4.97. The maximum absolute atomic E-state index is 11.3. The fraction of sp³-hybridized carbons (Fsp3) is 0.500. The molecule has 7 heteroatoms. The van der Waals surface area contributed by atoms with Gasteiger partial charge in [0, 0.05) is 12.1 Å². The molecule has 2 aromatic rings. The minimum absolute atomic E-state index is 0.0779. The van der Waals surface area contributed by atoms with Crippen LogP contribution < -0.4 is 5.32 Å². The number of rotatable bonds is 6. The number of aliphatic hydroxyl groups is 1. The van der Waals surface area contributed by atoms with Crippen LogP contribution in [0.15, 0.2) is 6.33 Å². The SMILES string of the molecule is CCC(C)(CCO)Nc1ncnc2sc(C(=O)O)c(C)c12. The fourth-order valence-corrected chi connectivity index (χ4v) is 3.22. The van der Waals surface area contributed by atoms with E-state index in [1.54, 1.807) is 6.92 Å². The van der Waals surface area contributed by atoms with Gasteiger partial charge in [-0.05, 0) is 32.3 Å². The average molecular weight is 309 g/mol. The Morgan fingerprint density at radius 2 is 2.19 bits per heavy atom. The summed E-state index contributed by atoms with van der Waals surface area (Å²) in [6, 6.07) is 0. The molecule has 3 N–H and O–H groups in total. The van der Waals surface area contributed by atoms with Crippen LogP contribution in [0.4, 0.5) is 5.82 Å². The second-order valence-electron chi connectivity index (χ2n) is 5.28. The first kappa shape index (κ1) is 15.7. The van der Waals surface area contributed by atoms with Gasteiger partial charge in [-0.2, -0.15) is 0 Å². The van der Waals surface area contributed by atoms with Crippen LogP contribution in [0.1, 0.15) is 41.9 Å². The zero-order chi connectivity index (χ0) is 15.6. The summed E-state index contributed by atoms with van der Waals surface area (Å²) in [5, 5.41) is 22.5. The minimum atomic E-state index is -0.949. The number of hydrogen-bond acceptors (Lipinski definition) is 6. The van der Waals surface area contributed by atoms with Gasteiger partial charge in [0.05, 0.1) is 5.39 Å². The molecule has 0 fully saturated rings. The number of carbonyl (C=O) groups is 1.